The van der Waals surface area contributed by atoms with Gasteiger partial charge in [-0.1, -0.05) is 50.9 Å². The number of ketones is 1. The summed E-state index contributed by atoms with van der Waals surface area (Å²) in [4.78, 5) is 11.7. The summed E-state index contributed by atoms with van der Waals surface area (Å²) in [5.41, 5.74) is 7.18. The topological polar surface area (TPSA) is 17.1 Å². The molecule has 1 saturated carbocycles. The summed E-state index contributed by atoms with van der Waals surface area (Å²) in [7, 11) is -2.63. The quantitative estimate of drug-likeness (QED) is 0.543. The largest absolute Gasteiger partial charge is 0.300 e. The molecule has 0 aromatic heterocycles. The van der Waals surface area contributed by atoms with Crippen molar-refractivity contribution in [1.82, 2.24) is 0 Å². The summed E-state index contributed by atoms with van der Waals surface area (Å²) in [5, 5.41) is 0. The van der Waals surface area contributed by atoms with Gasteiger partial charge in [0, 0.05) is 12.8 Å². The van der Waals surface area contributed by atoms with Crippen LogP contribution in [0.25, 0.3) is 0 Å². The van der Waals surface area contributed by atoms with Gasteiger partial charge in [-0.25, -0.2) is 0 Å². The van der Waals surface area contributed by atoms with Gasteiger partial charge in [-0.2, -0.15) is 0 Å². The molecule has 1 aliphatic rings. The molecule has 19 heavy (non-hydrogen) atoms. The number of hydrogen-bond acceptors (Lipinski definition) is 1. The van der Waals surface area contributed by atoms with Gasteiger partial charge in [-0.3, -0.25) is 4.79 Å². The number of allylic oxidation sites excluding steroid dienone is 1. The summed E-state index contributed by atoms with van der Waals surface area (Å²) < 4.78 is 0. The standard InChI is InChI=1S/C16H28OSi2/c1-18(2,3)11-10-15(13-19(4,5)6)14-8-7-9-16(17)12-14/h13-14H,7-9,12H2,1-6H3/b15-13-. The van der Waals surface area contributed by atoms with E-state index in [9.17, 15) is 4.79 Å². The first-order chi connectivity index (χ1) is 8.57. The summed E-state index contributed by atoms with van der Waals surface area (Å²) in [6.07, 6.45) is 3.68. The molecular formula is C16H28OSi2. The zero-order valence-corrected chi connectivity index (χ0v) is 15.4. The Morgan fingerprint density at radius 3 is 2.32 bits per heavy atom. The Morgan fingerprint density at radius 1 is 1.21 bits per heavy atom. The highest BCUT2D eigenvalue weighted by atomic mass is 28.3. The van der Waals surface area contributed by atoms with Crippen LogP contribution in [-0.2, 0) is 4.79 Å². The number of carbonyl (C=O) groups excluding carboxylic acids is 1. The molecular weight excluding hydrogens is 264 g/mol. The fourth-order valence-corrected chi connectivity index (χ4v) is 4.03. The van der Waals surface area contributed by atoms with E-state index in [2.05, 4.69) is 56.4 Å². The minimum absolute atomic E-state index is 0.400. The third kappa shape index (κ3) is 6.93. The molecule has 1 rings (SSSR count). The van der Waals surface area contributed by atoms with E-state index >= 15 is 0 Å². The Labute approximate surface area is 120 Å². The van der Waals surface area contributed by atoms with Crippen molar-refractivity contribution in [3.05, 3.63) is 11.3 Å². The smallest absolute Gasteiger partial charge is 0.133 e. The normalized spacial score (nSPS) is 21.9. The van der Waals surface area contributed by atoms with Crippen LogP contribution in [0.3, 0.4) is 0 Å². The second-order valence-corrected chi connectivity index (χ2v) is 17.6. The Balaban J connectivity index is 3.02. The van der Waals surface area contributed by atoms with Crippen molar-refractivity contribution in [3.63, 3.8) is 0 Å². The van der Waals surface area contributed by atoms with E-state index in [-0.39, 0.29) is 0 Å². The van der Waals surface area contributed by atoms with Crippen LogP contribution in [0.5, 0.6) is 0 Å². The van der Waals surface area contributed by atoms with E-state index in [1.54, 1.807) is 0 Å². The van der Waals surface area contributed by atoms with Crippen molar-refractivity contribution < 1.29 is 4.79 Å². The highest BCUT2D eigenvalue weighted by Gasteiger charge is 2.24. The van der Waals surface area contributed by atoms with Crippen LogP contribution < -0.4 is 0 Å². The molecule has 0 amide bonds. The molecule has 0 aromatic carbocycles. The van der Waals surface area contributed by atoms with Crippen molar-refractivity contribution in [2.24, 2.45) is 5.92 Å². The molecule has 1 fully saturated rings. The predicted octanol–water partition coefficient (Wildman–Crippen LogP) is 4.43. The molecule has 0 aromatic rings. The first kappa shape index (κ1) is 16.5. The molecule has 0 saturated heterocycles. The Bertz CT molecular complexity index is 424. The van der Waals surface area contributed by atoms with Crippen molar-refractivity contribution in [1.29, 1.82) is 0 Å². The molecule has 3 heteroatoms. The minimum Gasteiger partial charge on any atom is -0.300 e. The molecule has 0 spiro atoms. The lowest BCUT2D eigenvalue weighted by molar-refractivity contribution is -0.121. The molecule has 0 aliphatic heterocycles. The van der Waals surface area contributed by atoms with Gasteiger partial charge in [-0.05, 0) is 24.3 Å². The van der Waals surface area contributed by atoms with E-state index < -0.39 is 16.1 Å². The Morgan fingerprint density at radius 2 is 1.84 bits per heavy atom. The third-order valence-corrected chi connectivity index (χ3v) is 5.14. The van der Waals surface area contributed by atoms with E-state index in [4.69, 9.17) is 0 Å². The van der Waals surface area contributed by atoms with Gasteiger partial charge in [0.05, 0.1) is 8.07 Å². The van der Waals surface area contributed by atoms with Gasteiger partial charge >= 0.3 is 0 Å². The molecule has 1 unspecified atom stereocenters. The molecule has 1 nitrogen and oxygen atoms in total. The highest BCUT2D eigenvalue weighted by molar-refractivity contribution is 6.84. The lowest BCUT2D eigenvalue weighted by atomic mass is 9.84. The SMILES string of the molecule is C[Si](C)(C)C#C/C(=C/[Si](C)(C)C)C1CCCC(=O)C1. The second-order valence-electron chi connectivity index (χ2n) is 7.80. The van der Waals surface area contributed by atoms with Gasteiger partial charge in [-0.15, -0.1) is 5.54 Å². The Kier molecular flexibility index (Phi) is 5.40. The zero-order valence-electron chi connectivity index (χ0n) is 13.4. The summed E-state index contributed by atoms with van der Waals surface area (Å²) in [5.74, 6) is 4.29. The first-order valence-electron chi connectivity index (χ1n) is 7.34. The summed E-state index contributed by atoms with van der Waals surface area (Å²) in [6.45, 7) is 13.9. The fraction of sp³-hybridized carbons (Fsp3) is 0.688. The molecule has 0 N–H and O–H groups in total. The van der Waals surface area contributed by atoms with Crippen LogP contribution in [0.4, 0.5) is 0 Å². The third-order valence-electron chi connectivity index (χ3n) is 3.09. The second kappa shape index (κ2) is 6.24. The molecule has 0 bridgehead atoms. The van der Waals surface area contributed by atoms with Crippen LogP contribution in [-0.4, -0.2) is 21.9 Å². The average molecular weight is 293 g/mol. The van der Waals surface area contributed by atoms with Gasteiger partial charge in [0.2, 0.25) is 0 Å². The van der Waals surface area contributed by atoms with Crippen molar-refractivity contribution >= 4 is 21.9 Å². The lowest BCUT2D eigenvalue weighted by Crippen LogP contribution is -2.23. The monoisotopic (exact) mass is 292 g/mol. The van der Waals surface area contributed by atoms with Crippen LogP contribution in [0.1, 0.15) is 25.7 Å². The minimum atomic E-state index is -1.35. The van der Waals surface area contributed by atoms with Gasteiger partial charge < -0.3 is 0 Å². The molecule has 1 atom stereocenters. The van der Waals surface area contributed by atoms with Gasteiger partial charge in [0.25, 0.3) is 0 Å². The molecule has 106 valence electrons. The number of rotatable bonds is 2. The zero-order chi connectivity index (χ0) is 14.7. The van der Waals surface area contributed by atoms with Gasteiger partial charge in [0.1, 0.15) is 13.9 Å². The fourth-order valence-electron chi connectivity index (χ4n) is 2.27. The van der Waals surface area contributed by atoms with E-state index in [1.165, 1.54) is 5.57 Å². The van der Waals surface area contributed by atoms with E-state index in [0.29, 0.717) is 11.7 Å². The Hall–Kier alpha value is -0.596. The van der Waals surface area contributed by atoms with E-state index in [0.717, 1.165) is 25.7 Å². The van der Waals surface area contributed by atoms with E-state index in [1.807, 2.05) is 0 Å². The highest BCUT2D eigenvalue weighted by Crippen LogP contribution is 2.29. The van der Waals surface area contributed by atoms with Crippen LogP contribution in [0.2, 0.25) is 39.3 Å². The van der Waals surface area contributed by atoms with Crippen molar-refractivity contribution in [2.45, 2.75) is 65.0 Å². The maximum Gasteiger partial charge on any atom is 0.133 e. The number of carbonyl (C=O) groups is 1. The number of hydrogen-bond donors (Lipinski definition) is 0. The lowest BCUT2D eigenvalue weighted by Gasteiger charge is -2.23. The molecule has 0 heterocycles. The van der Waals surface area contributed by atoms with Crippen molar-refractivity contribution in [2.75, 3.05) is 0 Å². The van der Waals surface area contributed by atoms with Crippen LogP contribution in [0, 0.1) is 17.4 Å². The van der Waals surface area contributed by atoms with Crippen molar-refractivity contribution in [3.8, 4) is 11.5 Å². The van der Waals surface area contributed by atoms with Gasteiger partial charge in [0.15, 0.2) is 0 Å². The first-order valence-corrected chi connectivity index (χ1v) is 14.4. The average Bonchev–Trinajstić information content (AvgIpc) is 2.21. The molecule has 0 radical (unpaired) electrons. The summed E-state index contributed by atoms with van der Waals surface area (Å²) in [6, 6.07) is 0. The maximum atomic E-state index is 11.7. The van der Waals surface area contributed by atoms with Crippen LogP contribution >= 0.6 is 0 Å². The maximum absolute atomic E-state index is 11.7. The van der Waals surface area contributed by atoms with Crippen LogP contribution in [0.15, 0.2) is 11.3 Å². The predicted molar refractivity (Wildman–Crippen MR) is 89.5 cm³/mol. The molecule has 1 aliphatic carbocycles. The summed E-state index contributed by atoms with van der Waals surface area (Å²) >= 11 is 0. The number of Topliss-reactive ketones (excluding diaryl/α,β-unsaturated/α-hetero) is 1.